The first-order chi connectivity index (χ1) is 7.63. The molecular weight excluding hydrogens is 292 g/mol. The van der Waals surface area contributed by atoms with Crippen LogP contribution < -0.4 is 0 Å². The fourth-order valence-corrected chi connectivity index (χ4v) is 2.02. The van der Waals surface area contributed by atoms with Crippen LogP contribution in [-0.4, -0.2) is 30.9 Å². The molecule has 16 heavy (non-hydrogen) atoms. The van der Waals surface area contributed by atoms with Gasteiger partial charge in [-0.1, -0.05) is 15.9 Å². The molecule has 1 aromatic carbocycles. The van der Waals surface area contributed by atoms with E-state index < -0.39 is 0 Å². The van der Waals surface area contributed by atoms with E-state index in [2.05, 4.69) is 20.8 Å². The van der Waals surface area contributed by atoms with E-state index in [9.17, 15) is 4.39 Å². The number of likely N-dealkylation sites (N-methyl/N-ethyl adjacent to an activating group) is 1. The minimum Gasteiger partial charge on any atom is -0.306 e. The summed E-state index contributed by atoms with van der Waals surface area (Å²) in [6.45, 7) is 1.81. The average molecular weight is 309 g/mol. The van der Waals surface area contributed by atoms with Crippen molar-refractivity contribution in [2.45, 2.75) is 12.8 Å². The Morgan fingerprint density at radius 1 is 1.38 bits per heavy atom. The van der Waals surface area contributed by atoms with E-state index >= 15 is 0 Å². The van der Waals surface area contributed by atoms with Crippen molar-refractivity contribution in [3.63, 3.8) is 0 Å². The first-order valence-corrected chi connectivity index (χ1v) is 6.64. The first-order valence-electron chi connectivity index (χ1n) is 5.32. The second-order valence-corrected chi connectivity index (χ2v) is 5.13. The molecule has 0 atom stereocenters. The van der Waals surface area contributed by atoms with E-state index in [-0.39, 0.29) is 5.82 Å². The summed E-state index contributed by atoms with van der Waals surface area (Å²) in [5.74, 6) is 0.546. The van der Waals surface area contributed by atoms with Crippen LogP contribution in [-0.2, 0) is 6.42 Å². The van der Waals surface area contributed by atoms with Crippen molar-refractivity contribution < 1.29 is 4.39 Å². The number of hydrogen-bond acceptors (Lipinski definition) is 1. The van der Waals surface area contributed by atoms with E-state index in [1.165, 1.54) is 6.07 Å². The van der Waals surface area contributed by atoms with Crippen LogP contribution in [0.4, 0.5) is 4.39 Å². The molecule has 0 heterocycles. The molecule has 0 aliphatic carbocycles. The highest BCUT2D eigenvalue weighted by Crippen LogP contribution is 2.16. The van der Waals surface area contributed by atoms with Crippen LogP contribution in [0.3, 0.4) is 0 Å². The summed E-state index contributed by atoms with van der Waals surface area (Å²) in [5, 5.41) is 0. The third-order valence-electron chi connectivity index (χ3n) is 2.44. The van der Waals surface area contributed by atoms with Crippen molar-refractivity contribution in [3.8, 4) is 0 Å². The minimum atomic E-state index is -0.131. The topological polar surface area (TPSA) is 3.24 Å². The summed E-state index contributed by atoms with van der Waals surface area (Å²) in [7, 11) is 2.03. The molecule has 1 nitrogen and oxygen atoms in total. The molecule has 0 aliphatic heterocycles. The van der Waals surface area contributed by atoms with Gasteiger partial charge in [0, 0.05) is 16.9 Å². The summed E-state index contributed by atoms with van der Waals surface area (Å²) < 4.78 is 14.3. The molecule has 0 saturated heterocycles. The molecule has 0 fully saturated rings. The van der Waals surface area contributed by atoms with E-state index in [1.807, 2.05) is 13.1 Å². The molecular formula is C12H16BrClFN. The molecule has 4 heteroatoms. The van der Waals surface area contributed by atoms with Gasteiger partial charge < -0.3 is 4.90 Å². The maximum absolute atomic E-state index is 13.4. The molecule has 1 aromatic rings. The number of halogens is 3. The Kier molecular flexibility index (Phi) is 6.32. The Morgan fingerprint density at radius 3 is 2.81 bits per heavy atom. The van der Waals surface area contributed by atoms with E-state index in [0.29, 0.717) is 5.88 Å². The lowest BCUT2D eigenvalue weighted by Gasteiger charge is -2.15. The van der Waals surface area contributed by atoms with Crippen molar-refractivity contribution >= 4 is 27.5 Å². The zero-order chi connectivity index (χ0) is 12.0. The molecule has 90 valence electrons. The number of rotatable bonds is 6. The second-order valence-electron chi connectivity index (χ2n) is 3.83. The predicted octanol–water partition coefficient (Wildman–Crippen LogP) is 3.69. The summed E-state index contributed by atoms with van der Waals surface area (Å²) in [5.41, 5.74) is 0.757. The highest BCUT2D eigenvalue weighted by molar-refractivity contribution is 9.10. The van der Waals surface area contributed by atoms with Crippen molar-refractivity contribution in [3.05, 3.63) is 34.1 Å². The Morgan fingerprint density at radius 2 is 2.12 bits per heavy atom. The Hall–Kier alpha value is -0.120. The number of nitrogens with zero attached hydrogens (tertiary/aromatic N) is 1. The third kappa shape index (κ3) is 4.81. The molecule has 0 N–H and O–H groups in total. The van der Waals surface area contributed by atoms with Crippen LogP contribution in [0.2, 0.25) is 0 Å². The molecule has 0 bridgehead atoms. The van der Waals surface area contributed by atoms with Gasteiger partial charge >= 0.3 is 0 Å². The first kappa shape index (κ1) is 13.9. The normalized spacial score (nSPS) is 11.1. The molecule has 0 saturated carbocycles. The maximum atomic E-state index is 13.4. The second kappa shape index (κ2) is 7.25. The zero-order valence-corrected chi connectivity index (χ0v) is 11.7. The van der Waals surface area contributed by atoms with Gasteiger partial charge in [0.05, 0.1) is 0 Å². The van der Waals surface area contributed by atoms with E-state index in [1.54, 1.807) is 6.07 Å². The standard InChI is InChI=1S/C12H16BrClFN/c1-16(7-2-6-14)8-5-10-9-11(13)3-4-12(10)15/h3-4,9H,2,5-8H2,1H3. The lowest BCUT2D eigenvalue weighted by Crippen LogP contribution is -2.23. The minimum absolute atomic E-state index is 0.131. The molecule has 0 unspecified atom stereocenters. The van der Waals surface area contributed by atoms with E-state index in [4.69, 9.17) is 11.6 Å². The van der Waals surface area contributed by atoms with Crippen LogP contribution in [0.1, 0.15) is 12.0 Å². The fraction of sp³-hybridized carbons (Fsp3) is 0.500. The molecule has 0 aliphatic rings. The summed E-state index contributed by atoms with van der Waals surface area (Å²) in [4.78, 5) is 2.17. The lowest BCUT2D eigenvalue weighted by atomic mass is 10.1. The van der Waals surface area contributed by atoms with Gasteiger partial charge in [0.1, 0.15) is 5.82 Å². The van der Waals surface area contributed by atoms with Gasteiger partial charge in [-0.15, -0.1) is 11.6 Å². The Balaban J connectivity index is 2.44. The monoisotopic (exact) mass is 307 g/mol. The van der Waals surface area contributed by atoms with Gasteiger partial charge in [-0.05, 0) is 50.2 Å². The number of benzene rings is 1. The highest BCUT2D eigenvalue weighted by atomic mass is 79.9. The Bertz CT molecular complexity index is 333. The summed E-state index contributed by atoms with van der Waals surface area (Å²) in [6, 6.07) is 5.05. The van der Waals surface area contributed by atoms with Gasteiger partial charge in [-0.3, -0.25) is 0 Å². The van der Waals surface area contributed by atoms with Gasteiger partial charge in [-0.2, -0.15) is 0 Å². The number of hydrogen-bond donors (Lipinski definition) is 0. The summed E-state index contributed by atoms with van der Waals surface area (Å²) in [6.07, 6.45) is 1.70. The van der Waals surface area contributed by atoms with Gasteiger partial charge in [-0.25, -0.2) is 4.39 Å². The van der Waals surface area contributed by atoms with E-state index in [0.717, 1.165) is 36.0 Å². The predicted molar refractivity (Wildman–Crippen MR) is 70.6 cm³/mol. The quantitative estimate of drug-likeness (QED) is 0.725. The van der Waals surface area contributed by atoms with Crippen molar-refractivity contribution in [2.75, 3.05) is 26.0 Å². The largest absolute Gasteiger partial charge is 0.306 e. The van der Waals surface area contributed by atoms with Crippen molar-refractivity contribution in [1.29, 1.82) is 0 Å². The zero-order valence-electron chi connectivity index (χ0n) is 9.35. The van der Waals surface area contributed by atoms with Crippen LogP contribution in [0, 0.1) is 5.82 Å². The third-order valence-corrected chi connectivity index (χ3v) is 3.20. The van der Waals surface area contributed by atoms with Crippen molar-refractivity contribution in [1.82, 2.24) is 4.90 Å². The molecule has 0 radical (unpaired) electrons. The lowest BCUT2D eigenvalue weighted by molar-refractivity contribution is 0.338. The number of alkyl halides is 1. The van der Waals surface area contributed by atoms with Crippen LogP contribution in [0.5, 0.6) is 0 Å². The smallest absolute Gasteiger partial charge is 0.126 e. The van der Waals surface area contributed by atoms with Crippen molar-refractivity contribution in [2.24, 2.45) is 0 Å². The molecule has 1 rings (SSSR count). The van der Waals surface area contributed by atoms with Gasteiger partial charge in [0.25, 0.3) is 0 Å². The SMILES string of the molecule is CN(CCCCl)CCc1cc(Br)ccc1F. The van der Waals surface area contributed by atoms with Crippen LogP contribution >= 0.6 is 27.5 Å². The van der Waals surface area contributed by atoms with Crippen LogP contribution in [0.25, 0.3) is 0 Å². The molecule has 0 amide bonds. The fourth-order valence-electron chi connectivity index (χ4n) is 1.49. The maximum Gasteiger partial charge on any atom is 0.126 e. The summed E-state index contributed by atoms with van der Waals surface area (Å²) >= 11 is 8.96. The van der Waals surface area contributed by atoms with Gasteiger partial charge in [0.15, 0.2) is 0 Å². The highest BCUT2D eigenvalue weighted by Gasteiger charge is 2.04. The van der Waals surface area contributed by atoms with Crippen LogP contribution in [0.15, 0.2) is 22.7 Å². The van der Waals surface area contributed by atoms with Gasteiger partial charge in [0.2, 0.25) is 0 Å². The Labute approximate surface area is 110 Å². The average Bonchev–Trinajstić information content (AvgIpc) is 2.27. The molecule has 0 aromatic heterocycles. The molecule has 0 spiro atoms.